The molecule has 6 heteroatoms. The van der Waals surface area contributed by atoms with Crippen LogP contribution in [0.1, 0.15) is 12.1 Å². The van der Waals surface area contributed by atoms with Gasteiger partial charge in [0.15, 0.2) is 0 Å². The van der Waals surface area contributed by atoms with E-state index in [4.69, 9.17) is 21.1 Å². The number of nitrogens with one attached hydrogen (secondary N) is 1. The van der Waals surface area contributed by atoms with Crippen LogP contribution in [0, 0.1) is 0 Å². The molecule has 2 aromatic rings. The SMILES string of the molecule is Clc1c(CN2CCCO[C@@H](CN3CCOCC3)C2)[nH]c2ccccc12. The number of aromatic amines is 1. The molecule has 0 unspecified atom stereocenters. The highest BCUT2D eigenvalue weighted by atomic mass is 35.5. The van der Waals surface area contributed by atoms with Crippen LogP contribution >= 0.6 is 11.6 Å². The van der Waals surface area contributed by atoms with Crippen LogP contribution in [0.5, 0.6) is 0 Å². The molecule has 2 aliphatic rings. The van der Waals surface area contributed by atoms with Crippen LogP contribution in [-0.2, 0) is 16.0 Å². The highest BCUT2D eigenvalue weighted by molar-refractivity contribution is 6.36. The van der Waals surface area contributed by atoms with Crippen molar-refractivity contribution in [1.82, 2.24) is 14.8 Å². The summed E-state index contributed by atoms with van der Waals surface area (Å²) < 4.78 is 11.5. The highest BCUT2D eigenvalue weighted by Gasteiger charge is 2.23. The van der Waals surface area contributed by atoms with Gasteiger partial charge in [-0.1, -0.05) is 29.8 Å². The van der Waals surface area contributed by atoms with Crippen LogP contribution in [0.3, 0.4) is 0 Å². The van der Waals surface area contributed by atoms with Crippen molar-refractivity contribution in [2.75, 3.05) is 52.5 Å². The molecule has 1 atom stereocenters. The Kier molecular flexibility index (Phi) is 5.58. The van der Waals surface area contributed by atoms with E-state index in [1.54, 1.807) is 0 Å². The quantitative estimate of drug-likeness (QED) is 0.906. The molecule has 2 aliphatic heterocycles. The molecular weight excluding hydrogens is 338 g/mol. The highest BCUT2D eigenvalue weighted by Crippen LogP contribution is 2.28. The van der Waals surface area contributed by atoms with E-state index in [-0.39, 0.29) is 6.10 Å². The predicted molar refractivity (Wildman–Crippen MR) is 100 cm³/mol. The summed E-state index contributed by atoms with van der Waals surface area (Å²) in [5.74, 6) is 0. The molecule has 3 heterocycles. The monoisotopic (exact) mass is 363 g/mol. The lowest BCUT2D eigenvalue weighted by molar-refractivity contribution is -0.0123. The molecule has 2 fully saturated rings. The van der Waals surface area contributed by atoms with Crippen LogP contribution in [0.2, 0.25) is 5.02 Å². The number of H-pyrrole nitrogens is 1. The second kappa shape index (κ2) is 8.06. The Bertz CT molecular complexity index is 699. The number of morpholine rings is 1. The van der Waals surface area contributed by atoms with Gasteiger partial charge < -0.3 is 14.5 Å². The third-order valence-electron chi connectivity index (χ3n) is 5.10. The lowest BCUT2D eigenvalue weighted by Gasteiger charge is -2.31. The van der Waals surface area contributed by atoms with Crippen molar-refractivity contribution in [2.45, 2.75) is 19.1 Å². The zero-order valence-corrected chi connectivity index (χ0v) is 15.3. The molecular formula is C19H26ClN3O2. The molecule has 0 spiro atoms. The van der Waals surface area contributed by atoms with Crippen LogP contribution < -0.4 is 0 Å². The fourth-order valence-corrected chi connectivity index (χ4v) is 4.06. The smallest absolute Gasteiger partial charge is 0.0828 e. The van der Waals surface area contributed by atoms with Crippen molar-refractivity contribution in [2.24, 2.45) is 0 Å². The van der Waals surface area contributed by atoms with Gasteiger partial charge in [-0.05, 0) is 12.5 Å². The molecule has 1 aromatic carbocycles. The second-order valence-corrected chi connectivity index (χ2v) is 7.34. The molecule has 5 nitrogen and oxygen atoms in total. The maximum atomic E-state index is 6.60. The number of fused-ring (bicyclic) bond motifs is 1. The minimum atomic E-state index is 0.253. The minimum absolute atomic E-state index is 0.253. The van der Waals surface area contributed by atoms with Gasteiger partial charge in [0.2, 0.25) is 0 Å². The number of hydrogen-bond acceptors (Lipinski definition) is 4. The Hall–Kier alpha value is -1.11. The molecule has 0 radical (unpaired) electrons. The zero-order valence-electron chi connectivity index (χ0n) is 14.5. The van der Waals surface area contributed by atoms with E-state index in [0.717, 1.165) is 87.1 Å². The van der Waals surface area contributed by atoms with Gasteiger partial charge in [-0.25, -0.2) is 0 Å². The lowest BCUT2D eigenvalue weighted by Crippen LogP contribution is -2.44. The summed E-state index contributed by atoms with van der Waals surface area (Å²) in [6.45, 7) is 8.35. The summed E-state index contributed by atoms with van der Waals surface area (Å²) >= 11 is 6.60. The standard InChI is InChI=1S/C19H26ClN3O2/c20-19-16-4-1-2-5-17(16)21-18(19)14-23-6-3-9-25-15(13-23)12-22-7-10-24-11-8-22/h1-2,4-5,15,21H,3,6-14H2/t15-/m0/s1. The third kappa shape index (κ3) is 4.18. The Labute approximate surface area is 153 Å². The van der Waals surface area contributed by atoms with Crippen molar-refractivity contribution in [1.29, 1.82) is 0 Å². The first-order valence-electron chi connectivity index (χ1n) is 9.19. The first-order chi connectivity index (χ1) is 12.3. The van der Waals surface area contributed by atoms with Crippen molar-refractivity contribution in [3.63, 3.8) is 0 Å². The molecule has 25 heavy (non-hydrogen) atoms. The predicted octanol–water partition coefficient (Wildman–Crippen LogP) is 2.74. The van der Waals surface area contributed by atoms with E-state index in [2.05, 4.69) is 26.9 Å². The molecule has 2 saturated heterocycles. The molecule has 4 rings (SSSR count). The summed E-state index contributed by atoms with van der Waals surface area (Å²) in [5.41, 5.74) is 2.22. The number of hydrogen-bond donors (Lipinski definition) is 1. The number of aromatic nitrogens is 1. The Morgan fingerprint density at radius 2 is 1.92 bits per heavy atom. The Morgan fingerprint density at radius 1 is 1.08 bits per heavy atom. The zero-order chi connectivity index (χ0) is 17.1. The fraction of sp³-hybridized carbons (Fsp3) is 0.579. The Balaban J connectivity index is 1.42. The van der Waals surface area contributed by atoms with Crippen LogP contribution in [-0.4, -0.2) is 73.4 Å². The van der Waals surface area contributed by atoms with Crippen LogP contribution in [0.4, 0.5) is 0 Å². The Morgan fingerprint density at radius 3 is 2.76 bits per heavy atom. The molecule has 0 saturated carbocycles. The van der Waals surface area contributed by atoms with E-state index in [1.807, 2.05) is 12.1 Å². The summed E-state index contributed by atoms with van der Waals surface area (Å²) in [4.78, 5) is 8.41. The second-order valence-electron chi connectivity index (χ2n) is 6.96. The topological polar surface area (TPSA) is 40.7 Å². The average molecular weight is 364 g/mol. The lowest BCUT2D eigenvalue weighted by atomic mass is 10.2. The van der Waals surface area contributed by atoms with Gasteiger partial charge in [0, 0.05) is 62.5 Å². The number of benzene rings is 1. The average Bonchev–Trinajstić information content (AvgIpc) is 2.80. The summed E-state index contributed by atoms with van der Waals surface area (Å²) in [5, 5.41) is 1.96. The van der Waals surface area contributed by atoms with Crippen molar-refractivity contribution in [3.8, 4) is 0 Å². The maximum absolute atomic E-state index is 6.60. The minimum Gasteiger partial charge on any atom is -0.379 e. The van der Waals surface area contributed by atoms with E-state index in [0.29, 0.717) is 0 Å². The summed E-state index contributed by atoms with van der Waals surface area (Å²) in [6.07, 6.45) is 1.32. The van der Waals surface area contributed by atoms with Gasteiger partial charge in [0.25, 0.3) is 0 Å². The number of rotatable bonds is 4. The van der Waals surface area contributed by atoms with Crippen LogP contribution in [0.15, 0.2) is 24.3 Å². The fourth-order valence-electron chi connectivity index (χ4n) is 3.79. The van der Waals surface area contributed by atoms with Crippen LogP contribution in [0.25, 0.3) is 10.9 Å². The first-order valence-corrected chi connectivity index (χ1v) is 9.56. The molecule has 136 valence electrons. The van der Waals surface area contributed by atoms with Gasteiger partial charge in [-0.2, -0.15) is 0 Å². The number of nitrogens with zero attached hydrogens (tertiary/aromatic N) is 2. The third-order valence-corrected chi connectivity index (χ3v) is 5.53. The van der Waals surface area contributed by atoms with E-state index >= 15 is 0 Å². The number of halogens is 1. The van der Waals surface area contributed by atoms with E-state index in [1.165, 1.54) is 0 Å². The normalized spacial score (nSPS) is 23.8. The number of ether oxygens (including phenoxy) is 2. The van der Waals surface area contributed by atoms with Crippen molar-refractivity contribution in [3.05, 3.63) is 35.0 Å². The molecule has 0 bridgehead atoms. The summed E-state index contributed by atoms with van der Waals surface area (Å²) in [7, 11) is 0. The van der Waals surface area contributed by atoms with Crippen molar-refractivity contribution < 1.29 is 9.47 Å². The molecule has 1 aromatic heterocycles. The largest absolute Gasteiger partial charge is 0.379 e. The molecule has 0 aliphatic carbocycles. The molecule has 0 amide bonds. The van der Waals surface area contributed by atoms with Gasteiger partial charge in [0.1, 0.15) is 0 Å². The van der Waals surface area contributed by atoms with Gasteiger partial charge in [-0.15, -0.1) is 0 Å². The van der Waals surface area contributed by atoms with Gasteiger partial charge >= 0.3 is 0 Å². The van der Waals surface area contributed by atoms with Gasteiger partial charge in [0.05, 0.1) is 24.3 Å². The summed E-state index contributed by atoms with van der Waals surface area (Å²) in [6, 6.07) is 8.23. The van der Waals surface area contributed by atoms with E-state index in [9.17, 15) is 0 Å². The van der Waals surface area contributed by atoms with E-state index < -0.39 is 0 Å². The maximum Gasteiger partial charge on any atom is 0.0828 e. The van der Waals surface area contributed by atoms with Crippen molar-refractivity contribution >= 4 is 22.5 Å². The first kappa shape index (κ1) is 17.3. The molecule has 1 N–H and O–H groups in total. The number of para-hydroxylation sites is 1. The van der Waals surface area contributed by atoms with Gasteiger partial charge in [-0.3, -0.25) is 9.80 Å².